The van der Waals surface area contributed by atoms with Crippen LogP contribution in [0.3, 0.4) is 0 Å². The van der Waals surface area contributed by atoms with Crippen molar-refractivity contribution in [1.82, 2.24) is 0 Å². The summed E-state index contributed by atoms with van der Waals surface area (Å²) in [4.78, 5) is 26.6. The molecule has 0 aliphatic rings. The summed E-state index contributed by atoms with van der Waals surface area (Å²) in [6, 6.07) is 16.0. The molecule has 0 fully saturated rings. The average Bonchev–Trinajstić information content (AvgIpc) is 3.13. The number of nitrogens with one attached hydrogen (secondary N) is 1. The molecule has 0 spiro atoms. The number of hydrogen-bond acceptors (Lipinski definition) is 6. The Kier molecular flexibility index (Phi) is 7.88. The molecule has 0 aliphatic heterocycles. The smallest absolute Gasteiger partial charge is 0.341 e. The number of carbonyl (C=O) groups excluding carboxylic acids is 2. The maximum atomic E-state index is 13.0. The van der Waals surface area contributed by atoms with Gasteiger partial charge in [-0.2, -0.15) is 5.26 Å². The number of para-hydroxylation sites is 1. The lowest BCUT2D eigenvalue weighted by Gasteiger charge is -2.09. The van der Waals surface area contributed by atoms with E-state index in [1.165, 1.54) is 24.5 Å². The predicted molar refractivity (Wildman–Crippen MR) is 131 cm³/mol. The summed E-state index contributed by atoms with van der Waals surface area (Å²) in [5.74, 6) is -0.672. The Morgan fingerprint density at radius 3 is 2.52 bits per heavy atom. The predicted octanol–water partition coefficient (Wildman–Crippen LogP) is 6.11. The van der Waals surface area contributed by atoms with Crippen LogP contribution in [0.5, 0.6) is 5.75 Å². The molecule has 0 aliphatic carbocycles. The number of ether oxygens (including phenoxy) is 2. The molecule has 0 saturated carbocycles. The SMILES string of the molecule is CCOC(=O)c1c(NC(=O)/C(C#N)=C/c2ccccc2OC)sc(C)c1-c1ccc(Cl)cc1. The van der Waals surface area contributed by atoms with Crippen molar-refractivity contribution in [2.75, 3.05) is 19.0 Å². The Bertz CT molecular complexity index is 1260. The van der Waals surface area contributed by atoms with Gasteiger partial charge in [0.2, 0.25) is 0 Å². The largest absolute Gasteiger partial charge is 0.496 e. The summed E-state index contributed by atoms with van der Waals surface area (Å²) in [5.41, 5.74) is 2.11. The van der Waals surface area contributed by atoms with Crippen molar-refractivity contribution in [2.45, 2.75) is 13.8 Å². The second-order valence-corrected chi connectivity index (χ2v) is 8.49. The number of nitriles is 1. The monoisotopic (exact) mass is 480 g/mol. The fraction of sp³-hybridized carbons (Fsp3) is 0.160. The minimum atomic E-state index is -0.641. The van der Waals surface area contributed by atoms with Gasteiger partial charge in [-0.1, -0.05) is 41.9 Å². The van der Waals surface area contributed by atoms with Crippen LogP contribution in [0.15, 0.2) is 54.1 Å². The molecule has 1 N–H and O–H groups in total. The van der Waals surface area contributed by atoms with E-state index in [4.69, 9.17) is 21.1 Å². The van der Waals surface area contributed by atoms with Crippen LogP contribution < -0.4 is 10.1 Å². The topological polar surface area (TPSA) is 88.4 Å². The lowest BCUT2D eigenvalue weighted by Crippen LogP contribution is -2.16. The van der Waals surface area contributed by atoms with E-state index in [-0.39, 0.29) is 17.7 Å². The van der Waals surface area contributed by atoms with Gasteiger partial charge in [0, 0.05) is 21.0 Å². The zero-order valence-corrected chi connectivity index (χ0v) is 19.8. The second kappa shape index (κ2) is 10.8. The first kappa shape index (κ1) is 24.1. The van der Waals surface area contributed by atoms with E-state index in [0.29, 0.717) is 26.9 Å². The van der Waals surface area contributed by atoms with Crippen LogP contribution in [0.25, 0.3) is 17.2 Å². The number of rotatable bonds is 7. The van der Waals surface area contributed by atoms with Gasteiger partial charge in [0.15, 0.2) is 0 Å². The van der Waals surface area contributed by atoms with Crippen molar-refractivity contribution in [1.29, 1.82) is 5.26 Å². The zero-order chi connectivity index (χ0) is 24.0. The third-order valence-corrected chi connectivity index (χ3v) is 6.00. The van der Waals surface area contributed by atoms with E-state index in [1.54, 1.807) is 55.5 Å². The number of halogens is 1. The van der Waals surface area contributed by atoms with Gasteiger partial charge in [0.1, 0.15) is 28.0 Å². The van der Waals surface area contributed by atoms with Gasteiger partial charge in [0.05, 0.1) is 13.7 Å². The Morgan fingerprint density at radius 2 is 1.88 bits per heavy atom. The van der Waals surface area contributed by atoms with Crippen molar-refractivity contribution in [3.05, 3.63) is 75.1 Å². The molecule has 0 radical (unpaired) electrons. The molecule has 8 heteroatoms. The van der Waals surface area contributed by atoms with Crippen LogP contribution in [0, 0.1) is 18.3 Å². The van der Waals surface area contributed by atoms with E-state index >= 15 is 0 Å². The second-order valence-electron chi connectivity index (χ2n) is 6.83. The van der Waals surface area contributed by atoms with E-state index in [2.05, 4.69) is 5.32 Å². The van der Waals surface area contributed by atoms with Gasteiger partial charge < -0.3 is 14.8 Å². The molecule has 168 valence electrons. The molecule has 1 heterocycles. The molecule has 3 aromatic rings. The molecule has 6 nitrogen and oxygen atoms in total. The minimum absolute atomic E-state index is 0.131. The molecule has 1 amide bonds. The highest BCUT2D eigenvalue weighted by Crippen LogP contribution is 2.41. The molecule has 0 unspecified atom stereocenters. The van der Waals surface area contributed by atoms with Crippen LogP contribution >= 0.6 is 22.9 Å². The number of anilines is 1. The van der Waals surface area contributed by atoms with Crippen LogP contribution in [-0.2, 0) is 9.53 Å². The van der Waals surface area contributed by atoms with Gasteiger partial charge in [-0.25, -0.2) is 4.79 Å². The number of carbonyl (C=O) groups is 2. The number of amides is 1. The fourth-order valence-electron chi connectivity index (χ4n) is 3.26. The van der Waals surface area contributed by atoms with Gasteiger partial charge in [-0.15, -0.1) is 11.3 Å². The molecule has 33 heavy (non-hydrogen) atoms. The molecule has 0 saturated heterocycles. The first-order valence-corrected chi connectivity index (χ1v) is 11.2. The van der Waals surface area contributed by atoms with Gasteiger partial charge in [0.25, 0.3) is 5.91 Å². The number of esters is 1. The van der Waals surface area contributed by atoms with Crippen molar-refractivity contribution in [2.24, 2.45) is 0 Å². The zero-order valence-electron chi connectivity index (χ0n) is 18.3. The van der Waals surface area contributed by atoms with E-state index < -0.39 is 11.9 Å². The Balaban J connectivity index is 2.03. The first-order valence-electron chi connectivity index (χ1n) is 10.0. The van der Waals surface area contributed by atoms with Crippen LogP contribution in [0.2, 0.25) is 5.02 Å². The molecule has 3 rings (SSSR count). The van der Waals surface area contributed by atoms with Gasteiger partial charge in [-0.05, 0) is 43.7 Å². The van der Waals surface area contributed by atoms with Crippen molar-refractivity contribution < 1.29 is 19.1 Å². The Morgan fingerprint density at radius 1 is 1.18 bits per heavy atom. The lowest BCUT2D eigenvalue weighted by molar-refractivity contribution is -0.112. The molecule has 0 bridgehead atoms. The number of thiophene rings is 1. The first-order chi connectivity index (χ1) is 15.9. The third kappa shape index (κ3) is 5.43. The van der Waals surface area contributed by atoms with Crippen molar-refractivity contribution in [3.63, 3.8) is 0 Å². The number of nitrogens with zero attached hydrogens (tertiary/aromatic N) is 1. The van der Waals surface area contributed by atoms with Crippen molar-refractivity contribution >= 4 is 45.9 Å². The highest BCUT2D eigenvalue weighted by molar-refractivity contribution is 7.17. The highest BCUT2D eigenvalue weighted by Gasteiger charge is 2.26. The Hall–Kier alpha value is -3.60. The number of methoxy groups -OCH3 is 1. The van der Waals surface area contributed by atoms with E-state index in [0.717, 1.165) is 10.4 Å². The van der Waals surface area contributed by atoms with Gasteiger partial charge in [-0.3, -0.25) is 4.79 Å². The van der Waals surface area contributed by atoms with Gasteiger partial charge >= 0.3 is 5.97 Å². The number of benzene rings is 2. The maximum Gasteiger partial charge on any atom is 0.341 e. The standard InChI is InChI=1S/C25H21ClN2O4S/c1-4-32-25(30)22-21(16-9-11-19(26)12-10-16)15(2)33-24(22)28-23(29)18(14-27)13-17-7-5-6-8-20(17)31-3/h5-13H,4H2,1-3H3,(H,28,29)/b18-13+. The molecular formula is C25H21ClN2O4S. The van der Waals surface area contributed by atoms with Crippen LogP contribution in [0.1, 0.15) is 27.7 Å². The van der Waals surface area contributed by atoms with Crippen molar-refractivity contribution in [3.8, 4) is 22.9 Å². The average molecular weight is 481 g/mol. The van der Waals surface area contributed by atoms with Crippen LogP contribution in [0.4, 0.5) is 5.00 Å². The summed E-state index contributed by atoms with van der Waals surface area (Å²) in [7, 11) is 1.51. The Labute approximate surface area is 201 Å². The number of aryl methyl sites for hydroxylation is 1. The maximum absolute atomic E-state index is 13.0. The number of hydrogen-bond donors (Lipinski definition) is 1. The van der Waals surface area contributed by atoms with E-state index in [9.17, 15) is 14.9 Å². The summed E-state index contributed by atoms with van der Waals surface area (Å²) >= 11 is 7.25. The third-order valence-electron chi connectivity index (χ3n) is 4.73. The summed E-state index contributed by atoms with van der Waals surface area (Å²) in [6.45, 7) is 3.74. The normalized spacial score (nSPS) is 10.9. The lowest BCUT2D eigenvalue weighted by atomic mass is 10.0. The molecule has 0 atom stereocenters. The summed E-state index contributed by atoms with van der Waals surface area (Å²) < 4.78 is 10.5. The quantitative estimate of drug-likeness (QED) is 0.250. The summed E-state index contributed by atoms with van der Waals surface area (Å²) in [6.07, 6.45) is 1.44. The van der Waals surface area contributed by atoms with Crippen LogP contribution in [-0.4, -0.2) is 25.6 Å². The fourth-order valence-corrected chi connectivity index (χ4v) is 4.44. The molecular weight excluding hydrogens is 460 g/mol. The molecule has 2 aromatic carbocycles. The van der Waals surface area contributed by atoms with E-state index in [1.807, 2.05) is 13.0 Å². The minimum Gasteiger partial charge on any atom is -0.496 e. The highest BCUT2D eigenvalue weighted by atomic mass is 35.5. The molecule has 1 aromatic heterocycles. The summed E-state index contributed by atoms with van der Waals surface area (Å²) in [5, 5.41) is 13.2.